The van der Waals surface area contributed by atoms with Crippen LogP contribution in [-0.4, -0.2) is 37.5 Å². The molecule has 0 radical (unpaired) electrons. The van der Waals surface area contributed by atoms with E-state index in [1.807, 2.05) is 13.8 Å². The molecule has 1 aromatic rings. The Hall–Kier alpha value is -1.30. The smallest absolute Gasteiger partial charge is 0.253 e. The number of amides is 2. The van der Waals surface area contributed by atoms with Crippen molar-refractivity contribution < 1.29 is 9.59 Å². The standard InChI is InChI=1S/C18H26ClN3O2.ClH/c1-12(2)16(18(24)21-10-8-13-7-9-20-11-13)22-17(23)14-5-3-4-6-15(14)19;/h3-6,12-13,16,20H,7-11H2,1-2H3,(H,21,24)(H,22,23);1H. The van der Waals surface area contributed by atoms with Crippen molar-refractivity contribution in [2.24, 2.45) is 11.8 Å². The van der Waals surface area contributed by atoms with Crippen LogP contribution in [0.5, 0.6) is 0 Å². The summed E-state index contributed by atoms with van der Waals surface area (Å²) in [7, 11) is 0. The molecule has 2 atom stereocenters. The van der Waals surface area contributed by atoms with Crippen LogP contribution >= 0.6 is 24.0 Å². The summed E-state index contributed by atoms with van der Waals surface area (Å²) < 4.78 is 0. The molecule has 1 aromatic carbocycles. The second kappa shape index (κ2) is 10.6. The molecule has 0 spiro atoms. The Morgan fingerprint density at radius 3 is 2.64 bits per heavy atom. The van der Waals surface area contributed by atoms with Gasteiger partial charge in [0, 0.05) is 6.54 Å². The second-order valence-corrected chi connectivity index (χ2v) is 7.02. The number of carbonyl (C=O) groups excluding carboxylic acids is 2. The average Bonchev–Trinajstić information content (AvgIpc) is 3.05. The molecule has 0 saturated carbocycles. The van der Waals surface area contributed by atoms with Gasteiger partial charge in [-0.15, -0.1) is 12.4 Å². The first-order chi connectivity index (χ1) is 11.5. The highest BCUT2D eigenvalue weighted by Crippen LogP contribution is 2.15. The Kier molecular flexibility index (Phi) is 9.25. The Bertz CT molecular complexity index is 575. The maximum atomic E-state index is 12.4. The van der Waals surface area contributed by atoms with E-state index in [4.69, 9.17) is 11.6 Å². The molecule has 0 aliphatic carbocycles. The zero-order valence-electron chi connectivity index (χ0n) is 14.7. The molecule has 1 saturated heterocycles. The molecule has 0 aromatic heterocycles. The number of halogens is 2. The molecule has 1 fully saturated rings. The molecule has 3 N–H and O–H groups in total. The van der Waals surface area contributed by atoms with Crippen molar-refractivity contribution in [2.75, 3.05) is 19.6 Å². The summed E-state index contributed by atoms with van der Waals surface area (Å²) in [6.07, 6.45) is 2.12. The molecule has 1 aliphatic rings. The lowest BCUT2D eigenvalue weighted by molar-refractivity contribution is -0.123. The fourth-order valence-electron chi connectivity index (χ4n) is 2.87. The molecule has 1 aliphatic heterocycles. The molecule has 1 heterocycles. The fourth-order valence-corrected chi connectivity index (χ4v) is 3.09. The van der Waals surface area contributed by atoms with Crippen LogP contribution in [0.2, 0.25) is 5.02 Å². The van der Waals surface area contributed by atoms with Gasteiger partial charge in [-0.3, -0.25) is 9.59 Å². The minimum atomic E-state index is -0.574. The highest BCUT2D eigenvalue weighted by atomic mass is 35.5. The second-order valence-electron chi connectivity index (χ2n) is 6.61. The van der Waals surface area contributed by atoms with E-state index >= 15 is 0 Å². The first-order valence-electron chi connectivity index (χ1n) is 8.53. The highest BCUT2D eigenvalue weighted by molar-refractivity contribution is 6.33. The van der Waals surface area contributed by atoms with Crippen LogP contribution in [-0.2, 0) is 4.79 Å². The molecule has 2 rings (SSSR count). The van der Waals surface area contributed by atoms with Gasteiger partial charge in [-0.1, -0.05) is 37.6 Å². The summed E-state index contributed by atoms with van der Waals surface area (Å²) in [6, 6.07) is 6.26. The van der Waals surface area contributed by atoms with E-state index in [0.717, 1.165) is 25.9 Å². The molecular weight excluding hydrogens is 361 g/mol. The van der Waals surface area contributed by atoms with Gasteiger partial charge in [-0.25, -0.2) is 0 Å². The lowest BCUT2D eigenvalue weighted by Gasteiger charge is -2.22. The normalized spacial score (nSPS) is 17.7. The maximum Gasteiger partial charge on any atom is 0.253 e. The topological polar surface area (TPSA) is 70.2 Å². The Morgan fingerprint density at radius 1 is 1.32 bits per heavy atom. The van der Waals surface area contributed by atoms with Gasteiger partial charge >= 0.3 is 0 Å². The van der Waals surface area contributed by atoms with Crippen LogP contribution in [0.15, 0.2) is 24.3 Å². The zero-order valence-corrected chi connectivity index (χ0v) is 16.3. The van der Waals surface area contributed by atoms with E-state index in [1.165, 1.54) is 0 Å². The zero-order chi connectivity index (χ0) is 17.5. The Morgan fingerprint density at radius 2 is 2.04 bits per heavy atom. The minimum Gasteiger partial charge on any atom is -0.354 e. The van der Waals surface area contributed by atoms with E-state index in [1.54, 1.807) is 24.3 Å². The summed E-state index contributed by atoms with van der Waals surface area (Å²) in [4.78, 5) is 24.8. The average molecular weight is 388 g/mol. The number of hydrogen-bond donors (Lipinski definition) is 3. The van der Waals surface area contributed by atoms with Gasteiger partial charge in [0.25, 0.3) is 5.91 Å². The van der Waals surface area contributed by atoms with Crippen molar-refractivity contribution in [1.29, 1.82) is 0 Å². The molecule has 0 bridgehead atoms. The quantitative estimate of drug-likeness (QED) is 0.673. The largest absolute Gasteiger partial charge is 0.354 e. The summed E-state index contributed by atoms with van der Waals surface area (Å²) >= 11 is 6.05. The number of nitrogens with one attached hydrogen (secondary N) is 3. The molecule has 2 unspecified atom stereocenters. The summed E-state index contributed by atoms with van der Waals surface area (Å²) in [6.45, 7) is 6.54. The van der Waals surface area contributed by atoms with Crippen molar-refractivity contribution in [1.82, 2.24) is 16.0 Å². The number of hydrogen-bond acceptors (Lipinski definition) is 3. The maximum absolute atomic E-state index is 12.4. The minimum absolute atomic E-state index is 0. The molecule has 140 valence electrons. The lowest BCUT2D eigenvalue weighted by atomic mass is 10.0. The third-order valence-electron chi connectivity index (χ3n) is 4.37. The van der Waals surface area contributed by atoms with Crippen LogP contribution in [0, 0.1) is 11.8 Å². The molecule has 25 heavy (non-hydrogen) atoms. The Labute approximate surface area is 160 Å². The van der Waals surface area contributed by atoms with Crippen LogP contribution in [0.4, 0.5) is 0 Å². The third kappa shape index (κ3) is 6.49. The van der Waals surface area contributed by atoms with Crippen molar-refractivity contribution in [3.63, 3.8) is 0 Å². The predicted octanol–water partition coefficient (Wildman–Crippen LogP) is 2.63. The van der Waals surface area contributed by atoms with E-state index in [2.05, 4.69) is 16.0 Å². The molecule has 5 nitrogen and oxygen atoms in total. The Balaban J connectivity index is 0.00000312. The predicted molar refractivity (Wildman–Crippen MR) is 103 cm³/mol. The van der Waals surface area contributed by atoms with Crippen molar-refractivity contribution in [2.45, 2.75) is 32.7 Å². The van der Waals surface area contributed by atoms with Gasteiger partial charge in [-0.2, -0.15) is 0 Å². The van der Waals surface area contributed by atoms with Crippen molar-refractivity contribution in [3.05, 3.63) is 34.9 Å². The summed E-state index contributed by atoms with van der Waals surface area (Å²) in [5, 5.41) is 9.45. The lowest BCUT2D eigenvalue weighted by Crippen LogP contribution is -2.50. The van der Waals surface area contributed by atoms with Gasteiger partial charge < -0.3 is 16.0 Å². The van der Waals surface area contributed by atoms with Crippen molar-refractivity contribution >= 4 is 35.8 Å². The molecule has 2 amide bonds. The third-order valence-corrected chi connectivity index (χ3v) is 4.70. The van der Waals surface area contributed by atoms with Gasteiger partial charge in [0.15, 0.2) is 0 Å². The van der Waals surface area contributed by atoms with E-state index in [9.17, 15) is 9.59 Å². The van der Waals surface area contributed by atoms with Gasteiger partial charge in [-0.05, 0) is 49.9 Å². The summed E-state index contributed by atoms with van der Waals surface area (Å²) in [5.41, 5.74) is 0.384. The van der Waals surface area contributed by atoms with Crippen LogP contribution in [0.3, 0.4) is 0 Å². The summed E-state index contributed by atoms with van der Waals surface area (Å²) in [5.74, 6) is 0.149. The fraction of sp³-hybridized carbons (Fsp3) is 0.556. The van der Waals surface area contributed by atoms with Crippen LogP contribution < -0.4 is 16.0 Å². The number of benzene rings is 1. The van der Waals surface area contributed by atoms with Crippen molar-refractivity contribution in [3.8, 4) is 0 Å². The van der Waals surface area contributed by atoms with Crippen LogP contribution in [0.1, 0.15) is 37.0 Å². The van der Waals surface area contributed by atoms with E-state index in [-0.39, 0.29) is 30.1 Å². The number of carbonyl (C=O) groups is 2. The first-order valence-corrected chi connectivity index (χ1v) is 8.90. The SMILES string of the molecule is CC(C)C(NC(=O)c1ccccc1Cl)C(=O)NCCC1CCNC1.Cl. The van der Waals surface area contributed by atoms with Crippen LogP contribution in [0.25, 0.3) is 0 Å². The van der Waals surface area contributed by atoms with Gasteiger partial charge in [0.05, 0.1) is 10.6 Å². The molecular formula is C18H27Cl2N3O2. The van der Waals surface area contributed by atoms with E-state index < -0.39 is 6.04 Å². The highest BCUT2D eigenvalue weighted by Gasteiger charge is 2.25. The van der Waals surface area contributed by atoms with E-state index in [0.29, 0.717) is 23.0 Å². The first kappa shape index (κ1) is 21.7. The monoisotopic (exact) mass is 387 g/mol. The van der Waals surface area contributed by atoms with Gasteiger partial charge in [0.1, 0.15) is 6.04 Å². The van der Waals surface area contributed by atoms with Gasteiger partial charge in [0.2, 0.25) is 5.91 Å². The number of rotatable bonds is 7. The molecule has 7 heteroatoms.